The van der Waals surface area contributed by atoms with E-state index in [4.69, 9.17) is 0 Å². The van der Waals surface area contributed by atoms with Gasteiger partial charge in [0, 0.05) is 0 Å². The maximum absolute atomic E-state index is 12.4. The van der Waals surface area contributed by atoms with Crippen LogP contribution < -0.4 is 0 Å². The van der Waals surface area contributed by atoms with Gasteiger partial charge >= 0.3 is 6.18 Å². The van der Waals surface area contributed by atoms with Crippen LogP contribution in [-0.2, 0) is 0 Å². The number of hydrogen-bond donors (Lipinski definition) is 0. The molecular formula is C12H21F3. The summed E-state index contributed by atoms with van der Waals surface area (Å²) in [6.45, 7) is 4.34. The van der Waals surface area contributed by atoms with Crippen molar-refractivity contribution in [3.05, 3.63) is 0 Å². The summed E-state index contributed by atoms with van der Waals surface area (Å²) in [6, 6.07) is 0. The Balaban J connectivity index is 2.24. The van der Waals surface area contributed by atoms with Gasteiger partial charge in [-0.05, 0) is 37.5 Å². The van der Waals surface area contributed by atoms with Crippen LogP contribution in [0.1, 0.15) is 52.4 Å². The third-order valence-corrected chi connectivity index (χ3v) is 3.46. The summed E-state index contributed by atoms with van der Waals surface area (Å²) in [5, 5.41) is 0. The van der Waals surface area contributed by atoms with E-state index >= 15 is 0 Å². The highest BCUT2D eigenvalue weighted by molar-refractivity contribution is 4.77. The zero-order chi connectivity index (χ0) is 11.5. The summed E-state index contributed by atoms with van der Waals surface area (Å²) >= 11 is 0. The van der Waals surface area contributed by atoms with Gasteiger partial charge < -0.3 is 0 Å². The zero-order valence-electron chi connectivity index (χ0n) is 9.61. The standard InChI is InChI=1S/C12H21F3/c1-9(2)3-4-10-5-7-11(8-6-10)12(13,14)15/h9-11H,3-8H2,1-2H3. The van der Waals surface area contributed by atoms with Gasteiger partial charge in [0.2, 0.25) is 0 Å². The average molecular weight is 222 g/mol. The Morgan fingerprint density at radius 1 is 1.07 bits per heavy atom. The monoisotopic (exact) mass is 222 g/mol. The van der Waals surface area contributed by atoms with E-state index in [1.54, 1.807) is 0 Å². The molecule has 0 nitrogen and oxygen atoms in total. The first-order chi connectivity index (χ1) is 6.89. The highest BCUT2D eigenvalue weighted by atomic mass is 19.4. The molecular weight excluding hydrogens is 201 g/mol. The van der Waals surface area contributed by atoms with Crippen LogP contribution >= 0.6 is 0 Å². The van der Waals surface area contributed by atoms with Gasteiger partial charge in [-0.2, -0.15) is 13.2 Å². The summed E-state index contributed by atoms with van der Waals surface area (Å²) in [5.41, 5.74) is 0. The maximum atomic E-state index is 12.4. The first-order valence-corrected chi connectivity index (χ1v) is 5.96. The molecule has 0 unspecified atom stereocenters. The van der Waals surface area contributed by atoms with Crippen molar-refractivity contribution in [2.24, 2.45) is 17.8 Å². The van der Waals surface area contributed by atoms with Crippen molar-refractivity contribution >= 4 is 0 Å². The van der Waals surface area contributed by atoms with Crippen LogP contribution in [0, 0.1) is 17.8 Å². The highest BCUT2D eigenvalue weighted by Gasteiger charge is 2.41. The van der Waals surface area contributed by atoms with E-state index in [2.05, 4.69) is 13.8 Å². The topological polar surface area (TPSA) is 0 Å². The molecule has 0 atom stereocenters. The van der Waals surface area contributed by atoms with Gasteiger partial charge in [0.15, 0.2) is 0 Å². The largest absolute Gasteiger partial charge is 0.391 e. The quantitative estimate of drug-likeness (QED) is 0.644. The average Bonchev–Trinajstić information content (AvgIpc) is 2.14. The number of hydrogen-bond acceptors (Lipinski definition) is 0. The second-order valence-corrected chi connectivity index (χ2v) is 5.23. The Bertz CT molecular complexity index is 176. The lowest BCUT2D eigenvalue weighted by molar-refractivity contribution is -0.184. The summed E-state index contributed by atoms with van der Waals surface area (Å²) in [7, 11) is 0. The van der Waals surface area contributed by atoms with Crippen molar-refractivity contribution in [1.29, 1.82) is 0 Å². The minimum atomic E-state index is -3.96. The second-order valence-electron chi connectivity index (χ2n) is 5.23. The fourth-order valence-corrected chi connectivity index (χ4v) is 2.35. The molecule has 0 spiro atoms. The van der Waals surface area contributed by atoms with E-state index in [0.29, 0.717) is 24.7 Å². The van der Waals surface area contributed by atoms with Crippen molar-refractivity contribution in [2.75, 3.05) is 0 Å². The molecule has 1 fully saturated rings. The summed E-state index contributed by atoms with van der Waals surface area (Å²) < 4.78 is 37.1. The Labute approximate surface area is 90.2 Å². The Morgan fingerprint density at radius 2 is 1.60 bits per heavy atom. The van der Waals surface area contributed by atoms with Crippen LogP contribution in [-0.4, -0.2) is 6.18 Å². The second kappa shape index (κ2) is 5.22. The fraction of sp³-hybridized carbons (Fsp3) is 1.00. The number of rotatable bonds is 3. The van der Waals surface area contributed by atoms with Crippen molar-refractivity contribution in [3.8, 4) is 0 Å². The van der Waals surface area contributed by atoms with E-state index < -0.39 is 12.1 Å². The summed E-state index contributed by atoms with van der Waals surface area (Å²) in [5.74, 6) is 0.198. The maximum Gasteiger partial charge on any atom is 0.391 e. The first kappa shape index (κ1) is 12.9. The van der Waals surface area contributed by atoms with Crippen molar-refractivity contribution in [3.63, 3.8) is 0 Å². The smallest absolute Gasteiger partial charge is 0.171 e. The third kappa shape index (κ3) is 4.43. The summed E-state index contributed by atoms with van der Waals surface area (Å²) in [4.78, 5) is 0. The lowest BCUT2D eigenvalue weighted by Crippen LogP contribution is -2.27. The molecule has 1 aliphatic carbocycles. The van der Waals surface area contributed by atoms with Crippen LogP contribution in [0.3, 0.4) is 0 Å². The number of alkyl halides is 3. The normalized spacial score (nSPS) is 28.4. The molecule has 0 saturated heterocycles. The van der Waals surface area contributed by atoms with Crippen molar-refractivity contribution in [1.82, 2.24) is 0 Å². The zero-order valence-corrected chi connectivity index (χ0v) is 9.61. The minimum Gasteiger partial charge on any atom is -0.171 e. The van der Waals surface area contributed by atoms with Gasteiger partial charge in [-0.1, -0.05) is 26.7 Å². The van der Waals surface area contributed by atoms with E-state index in [0.717, 1.165) is 25.7 Å². The molecule has 0 heterocycles. The molecule has 1 saturated carbocycles. The molecule has 0 aromatic heterocycles. The van der Waals surface area contributed by atoms with Crippen LogP contribution in [0.5, 0.6) is 0 Å². The van der Waals surface area contributed by atoms with E-state index in [1.807, 2.05) is 0 Å². The summed E-state index contributed by atoms with van der Waals surface area (Å²) in [6.07, 6.45) is 0.568. The predicted octanol–water partition coefficient (Wildman–Crippen LogP) is 4.79. The SMILES string of the molecule is CC(C)CCC1CCC(C(F)(F)F)CC1. The van der Waals surface area contributed by atoms with Gasteiger partial charge in [-0.3, -0.25) is 0 Å². The Kier molecular flexibility index (Phi) is 4.47. The number of halogens is 3. The molecule has 0 bridgehead atoms. The lowest BCUT2D eigenvalue weighted by atomic mass is 9.79. The first-order valence-electron chi connectivity index (χ1n) is 5.96. The van der Waals surface area contributed by atoms with Gasteiger partial charge in [0.1, 0.15) is 0 Å². The van der Waals surface area contributed by atoms with Gasteiger partial charge in [-0.25, -0.2) is 0 Å². The lowest BCUT2D eigenvalue weighted by Gasteiger charge is -2.30. The highest BCUT2D eigenvalue weighted by Crippen LogP contribution is 2.40. The molecule has 1 aliphatic rings. The van der Waals surface area contributed by atoms with Crippen LogP contribution in [0.25, 0.3) is 0 Å². The third-order valence-electron chi connectivity index (χ3n) is 3.46. The van der Waals surface area contributed by atoms with Gasteiger partial charge in [0.25, 0.3) is 0 Å². The predicted molar refractivity (Wildman–Crippen MR) is 55.6 cm³/mol. The van der Waals surface area contributed by atoms with Crippen LogP contribution in [0.4, 0.5) is 13.2 Å². The van der Waals surface area contributed by atoms with E-state index in [1.165, 1.54) is 0 Å². The van der Waals surface area contributed by atoms with Crippen molar-refractivity contribution < 1.29 is 13.2 Å². The van der Waals surface area contributed by atoms with E-state index in [9.17, 15) is 13.2 Å². The molecule has 0 aliphatic heterocycles. The molecule has 0 radical (unpaired) electrons. The molecule has 0 N–H and O–H groups in total. The van der Waals surface area contributed by atoms with Crippen molar-refractivity contribution in [2.45, 2.75) is 58.5 Å². The molecule has 15 heavy (non-hydrogen) atoms. The fourth-order valence-electron chi connectivity index (χ4n) is 2.35. The van der Waals surface area contributed by atoms with Gasteiger partial charge in [-0.15, -0.1) is 0 Å². The molecule has 3 heteroatoms. The van der Waals surface area contributed by atoms with E-state index in [-0.39, 0.29) is 0 Å². The molecule has 0 aromatic rings. The minimum absolute atomic E-state index is 0.353. The van der Waals surface area contributed by atoms with Gasteiger partial charge in [0.05, 0.1) is 5.92 Å². The Morgan fingerprint density at radius 3 is 2.00 bits per heavy atom. The molecule has 90 valence electrons. The molecule has 0 aromatic carbocycles. The molecule has 1 rings (SSSR count). The molecule has 0 amide bonds. The van der Waals surface area contributed by atoms with Crippen LogP contribution in [0.2, 0.25) is 0 Å². The Hall–Kier alpha value is -0.210. The van der Waals surface area contributed by atoms with Crippen LogP contribution in [0.15, 0.2) is 0 Å².